The molecule has 0 unspecified atom stereocenters. The lowest BCUT2D eigenvalue weighted by atomic mass is 10.1. The topological polar surface area (TPSA) is 125 Å². The third-order valence-electron chi connectivity index (χ3n) is 5.92. The Bertz CT molecular complexity index is 1000. The normalized spacial score (nSPS) is 21.4. The van der Waals surface area contributed by atoms with Crippen LogP contribution in [0.25, 0.3) is 11.2 Å². The van der Waals surface area contributed by atoms with Gasteiger partial charge in [-0.3, -0.25) is 0 Å². The molecule has 1 aliphatic heterocycles. The largest absolute Gasteiger partial charge is 0.394 e. The first kappa shape index (κ1) is 21.3. The molecule has 0 radical (unpaired) electrons. The maximum absolute atomic E-state index is 12.5. The van der Waals surface area contributed by atoms with Gasteiger partial charge >= 0.3 is 0 Å². The number of hydrogen-bond acceptors (Lipinski definition) is 8. The molecule has 2 aromatic rings. The maximum atomic E-state index is 12.5. The van der Waals surface area contributed by atoms with Crippen molar-refractivity contribution in [3.8, 4) is 0 Å². The van der Waals surface area contributed by atoms with Crippen molar-refractivity contribution in [2.45, 2.75) is 63.9 Å². The third-order valence-corrected chi connectivity index (χ3v) is 8.28. The van der Waals surface area contributed by atoms with Gasteiger partial charge < -0.3 is 20.3 Å². The Labute approximate surface area is 177 Å². The smallest absolute Gasteiger partial charge is 0.227 e. The van der Waals surface area contributed by atoms with Gasteiger partial charge in [-0.25, -0.2) is 13.4 Å². The van der Waals surface area contributed by atoms with Crippen molar-refractivity contribution in [1.82, 2.24) is 23.8 Å². The fraction of sp³-hybridized carbons (Fsp3) is 0.737. The molecule has 0 amide bonds. The van der Waals surface area contributed by atoms with Crippen molar-refractivity contribution in [3.05, 3.63) is 6.33 Å². The van der Waals surface area contributed by atoms with Crippen LogP contribution in [0.4, 0.5) is 11.8 Å². The van der Waals surface area contributed by atoms with Crippen molar-refractivity contribution in [1.29, 1.82) is 0 Å². The molecule has 1 saturated carbocycles. The quantitative estimate of drug-likeness (QED) is 0.535. The van der Waals surface area contributed by atoms with Crippen molar-refractivity contribution >= 4 is 33.0 Å². The number of rotatable bonds is 9. The van der Waals surface area contributed by atoms with Crippen LogP contribution >= 0.6 is 0 Å². The van der Waals surface area contributed by atoms with Crippen LogP contribution in [0.2, 0.25) is 0 Å². The third kappa shape index (κ3) is 4.10. The van der Waals surface area contributed by atoms with E-state index in [9.17, 15) is 13.5 Å². The van der Waals surface area contributed by atoms with E-state index in [0.717, 1.165) is 25.8 Å². The fourth-order valence-electron chi connectivity index (χ4n) is 3.78. The van der Waals surface area contributed by atoms with E-state index in [4.69, 9.17) is 0 Å². The van der Waals surface area contributed by atoms with Crippen LogP contribution < -0.4 is 10.6 Å². The highest BCUT2D eigenvalue weighted by Gasteiger charge is 2.42. The Morgan fingerprint density at radius 3 is 2.67 bits per heavy atom. The predicted octanol–water partition coefficient (Wildman–Crippen LogP) is 1.25. The monoisotopic (exact) mass is 437 g/mol. The second-order valence-electron chi connectivity index (χ2n) is 8.51. The zero-order valence-electron chi connectivity index (χ0n) is 17.7. The predicted molar refractivity (Wildman–Crippen MR) is 116 cm³/mol. The number of sulfonamides is 1. The van der Waals surface area contributed by atoms with E-state index in [1.165, 1.54) is 0 Å². The van der Waals surface area contributed by atoms with Crippen LogP contribution in [-0.2, 0) is 16.6 Å². The average Bonchev–Trinajstić information content (AvgIpc) is 3.34. The van der Waals surface area contributed by atoms with E-state index in [1.807, 2.05) is 25.3 Å². The van der Waals surface area contributed by atoms with Gasteiger partial charge in [-0.1, -0.05) is 13.8 Å². The number of fused-ring (bicyclic) bond motifs is 1. The van der Waals surface area contributed by atoms with Gasteiger partial charge in [0.2, 0.25) is 16.0 Å². The first-order valence-electron chi connectivity index (χ1n) is 10.7. The molecule has 3 heterocycles. The number of nitrogens with zero attached hydrogens (tertiary/aromatic N) is 5. The lowest BCUT2D eigenvalue weighted by Gasteiger charge is -2.21. The van der Waals surface area contributed by atoms with Gasteiger partial charge in [0, 0.05) is 25.7 Å². The molecule has 2 aromatic heterocycles. The van der Waals surface area contributed by atoms with E-state index < -0.39 is 10.0 Å². The summed E-state index contributed by atoms with van der Waals surface area (Å²) in [6.45, 7) is 7.73. The van der Waals surface area contributed by atoms with Gasteiger partial charge in [-0.2, -0.15) is 14.3 Å². The molecule has 11 heteroatoms. The van der Waals surface area contributed by atoms with E-state index >= 15 is 0 Å². The molecule has 3 N–H and O–H groups in total. The highest BCUT2D eigenvalue weighted by atomic mass is 32.2. The lowest BCUT2D eigenvalue weighted by molar-refractivity contribution is 0.248. The Kier molecular flexibility index (Phi) is 5.86. The Morgan fingerprint density at radius 2 is 2.03 bits per heavy atom. The number of imidazole rings is 1. The molecule has 2 atom stereocenters. The first-order valence-corrected chi connectivity index (χ1v) is 12.2. The van der Waals surface area contributed by atoms with Crippen LogP contribution in [0.1, 0.15) is 40.0 Å². The van der Waals surface area contributed by atoms with Crippen molar-refractivity contribution in [2.24, 2.45) is 5.92 Å². The van der Waals surface area contributed by atoms with E-state index in [2.05, 4.69) is 25.6 Å². The molecule has 0 aromatic carbocycles. The van der Waals surface area contributed by atoms with Crippen molar-refractivity contribution in [2.75, 3.05) is 30.3 Å². The summed E-state index contributed by atoms with van der Waals surface area (Å²) in [5.74, 6) is 1.22. The summed E-state index contributed by atoms with van der Waals surface area (Å²) in [6, 6.07) is -0.200. The van der Waals surface area contributed by atoms with Gasteiger partial charge in [0.1, 0.15) is 0 Å². The van der Waals surface area contributed by atoms with E-state index in [-0.39, 0.29) is 29.9 Å². The minimum atomic E-state index is -3.17. The van der Waals surface area contributed by atoms with Gasteiger partial charge in [0.05, 0.1) is 24.2 Å². The molecule has 1 aliphatic carbocycles. The van der Waals surface area contributed by atoms with Gasteiger partial charge in [-0.15, -0.1) is 0 Å². The minimum absolute atomic E-state index is 0.0223. The summed E-state index contributed by atoms with van der Waals surface area (Å²) in [4.78, 5) is 13.7. The van der Waals surface area contributed by atoms with Crippen LogP contribution in [0.3, 0.4) is 0 Å². The summed E-state index contributed by atoms with van der Waals surface area (Å²) in [6.07, 6.45) is 4.00. The zero-order chi connectivity index (χ0) is 21.5. The molecule has 166 valence electrons. The Morgan fingerprint density at radius 1 is 1.27 bits per heavy atom. The number of aryl methyl sites for hydroxylation is 1. The number of anilines is 2. The summed E-state index contributed by atoms with van der Waals surface area (Å²) in [5, 5.41) is 16.1. The molecule has 0 spiro atoms. The molecule has 2 aliphatic rings. The molecule has 30 heavy (non-hydrogen) atoms. The van der Waals surface area contributed by atoms with E-state index in [0.29, 0.717) is 36.0 Å². The van der Waals surface area contributed by atoms with Crippen molar-refractivity contribution < 1.29 is 13.5 Å². The molecular weight excluding hydrogens is 406 g/mol. The SMILES string of the molecule is CCn1cnc2c(N[C@H]3CCN(S(=O)(=O)C4CC4)C3)nc(N[C@@H](CO)C(C)C)nc21. The highest BCUT2D eigenvalue weighted by molar-refractivity contribution is 7.90. The zero-order valence-corrected chi connectivity index (χ0v) is 18.6. The Hall–Kier alpha value is -1.98. The molecule has 4 rings (SSSR count). The number of aliphatic hydroxyl groups is 1. The second-order valence-corrected chi connectivity index (χ2v) is 10.7. The molecule has 1 saturated heterocycles. The Balaban J connectivity index is 1.59. The first-order chi connectivity index (χ1) is 14.3. The standard InChI is InChI=1S/C19H31N7O3S/c1-4-25-11-20-16-17(23-19(24-18(16)25)22-15(10-27)12(2)3)21-13-7-8-26(9-13)30(28,29)14-5-6-14/h11-15,27H,4-10H2,1-3H3,(H2,21,22,23,24)/t13-,15-/m0/s1. The van der Waals surface area contributed by atoms with Gasteiger partial charge in [-0.05, 0) is 32.1 Å². The van der Waals surface area contributed by atoms with Gasteiger partial charge in [0.15, 0.2) is 17.0 Å². The summed E-state index contributed by atoms with van der Waals surface area (Å²) >= 11 is 0. The summed E-state index contributed by atoms with van der Waals surface area (Å²) in [7, 11) is -3.17. The fourth-order valence-corrected chi connectivity index (χ4v) is 5.68. The second kappa shape index (κ2) is 8.27. The van der Waals surface area contributed by atoms with Crippen LogP contribution in [0.5, 0.6) is 0 Å². The summed E-state index contributed by atoms with van der Waals surface area (Å²) < 4.78 is 28.6. The maximum Gasteiger partial charge on any atom is 0.227 e. The molecule has 0 bridgehead atoms. The summed E-state index contributed by atoms with van der Waals surface area (Å²) in [5.41, 5.74) is 1.37. The van der Waals surface area contributed by atoms with E-state index in [1.54, 1.807) is 10.6 Å². The van der Waals surface area contributed by atoms with Crippen LogP contribution in [-0.4, -0.2) is 74.4 Å². The highest BCUT2D eigenvalue weighted by Crippen LogP contribution is 2.33. The number of nitrogens with one attached hydrogen (secondary N) is 2. The van der Waals surface area contributed by atoms with Gasteiger partial charge in [0.25, 0.3) is 0 Å². The number of hydrogen-bond donors (Lipinski definition) is 3. The van der Waals surface area contributed by atoms with Crippen molar-refractivity contribution in [3.63, 3.8) is 0 Å². The number of aliphatic hydroxyl groups excluding tert-OH is 1. The van der Waals surface area contributed by atoms with Crippen LogP contribution in [0.15, 0.2) is 6.33 Å². The lowest BCUT2D eigenvalue weighted by Crippen LogP contribution is -2.34. The average molecular weight is 438 g/mol. The van der Waals surface area contributed by atoms with Crippen LogP contribution in [0, 0.1) is 5.92 Å². The minimum Gasteiger partial charge on any atom is -0.394 e. The molecule has 10 nitrogen and oxygen atoms in total. The number of aromatic nitrogens is 4. The molecule has 2 fully saturated rings. The molecular formula is C19H31N7O3S.